The van der Waals surface area contributed by atoms with Crippen LogP contribution in [0.5, 0.6) is 5.75 Å². The zero-order chi connectivity index (χ0) is 18.0. The number of ether oxygens (including phenoxy) is 1. The fraction of sp³-hybridized carbons (Fsp3) is 0.333. The van der Waals surface area contributed by atoms with E-state index in [0.29, 0.717) is 15.9 Å². The fourth-order valence-electron chi connectivity index (χ4n) is 2.95. The van der Waals surface area contributed by atoms with E-state index in [1.807, 2.05) is 24.3 Å². The summed E-state index contributed by atoms with van der Waals surface area (Å²) in [4.78, 5) is 2.53. The van der Waals surface area contributed by atoms with Crippen molar-refractivity contribution in [3.8, 4) is 5.75 Å². The highest BCUT2D eigenvalue weighted by Crippen LogP contribution is 2.31. The van der Waals surface area contributed by atoms with Gasteiger partial charge in [-0.25, -0.2) is 8.42 Å². The Balaban J connectivity index is 1.85. The minimum atomic E-state index is -3.64. The molecular formula is C18H21BrN2O3S. The first kappa shape index (κ1) is 18.1. The van der Waals surface area contributed by atoms with Crippen LogP contribution in [0.3, 0.4) is 0 Å². The van der Waals surface area contributed by atoms with Gasteiger partial charge in [0.25, 0.3) is 10.0 Å². The molecule has 0 saturated carbocycles. The van der Waals surface area contributed by atoms with Gasteiger partial charge in [0.15, 0.2) is 0 Å². The second-order valence-corrected chi connectivity index (χ2v) is 8.80. The van der Waals surface area contributed by atoms with Crippen LogP contribution in [-0.4, -0.2) is 35.7 Å². The van der Waals surface area contributed by atoms with Gasteiger partial charge in [-0.3, -0.25) is 4.31 Å². The number of rotatable bonds is 5. The molecule has 3 rings (SSSR count). The van der Waals surface area contributed by atoms with E-state index in [1.165, 1.54) is 17.1 Å². The fourth-order valence-corrected chi connectivity index (χ4v) is 4.87. The van der Waals surface area contributed by atoms with Gasteiger partial charge in [0.05, 0.1) is 22.2 Å². The largest absolute Gasteiger partial charge is 0.496 e. The molecule has 0 N–H and O–H groups in total. The number of halogens is 1. The third kappa shape index (κ3) is 3.62. The van der Waals surface area contributed by atoms with E-state index in [9.17, 15) is 8.42 Å². The molecule has 1 heterocycles. The van der Waals surface area contributed by atoms with Crippen molar-refractivity contribution in [3.63, 3.8) is 0 Å². The summed E-state index contributed by atoms with van der Waals surface area (Å²) >= 11 is 3.34. The van der Waals surface area contributed by atoms with Crippen molar-refractivity contribution in [3.05, 3.63) is 46.9 Å². The van der Waals surface area contributed by atoms with Gasteiger partial charge < -0.3 is 9.64 Å². The number of anilines is 2. The molecule has 0 bridgehead atoms. The lowest BCUT2D eigenvalue weighted by Gasteiger charge is -2.22. The average Bonchev–Trinajstić information content (AvgIpc) is 3.15. The van der Waals surface area contributed by atoms with Crippen LogP contribution in [0.2, 0.25) is 0 Å². The van der Waals surface area contributed by atoms with Crippen molar-refractivity contribution < 1.29 is 13.2 Å². The highest BCUT2D eigenvalue weighted by atomic mass is 79.9. The second-order valence-electron chi connectivity index (χ2n) is 5.98. The molecule has 25 heavy (non-hydrogen) atoms. The molecule has 0 atom stereocenters. The molecule has 134 valence electrons. The first-order valence-corrected chi connectivity index (χ1v) is 10.3. The molecule has 7 heteroatoms. The maximum atomic E-state index is 12.9. The highest BCUT2D eigenvalue weighted by molar-refractivity contribution is 9.10. The van der Waals surface area contributed by atoms with Gasteiger partial charge in [-0.2, -0.15) is 0 Å². The lowest BCUT2D eigenvalue weighted by Crippen LogP contribution is -2.26. The van der Waals surface area contributed by atoms with Crippen LogP contribution >= 0.6 is 15.9 Å². The maximum absolute atomic E-state index is 12.9. The summed E-state index contributed by atoms with van der Waals surface area (Å²) in [5.74, 6) is 0.594. The van der Waals surface area contributed by atoms with E-state index < -0.39 is 10.0 Å². The lowest BCUT2D eigenvalue weighted by atomic mass is 10.2. The number of hydrogen-bond donors (Lipinski definition) is 0. The van der Waals surface area contributed by atoms with Crippen LogP contribution in [-0.2, 0) is 10.0 Å². The van der Waals surface area contributed by atoms with Gasteiger partial charge in [-0.05, 0) is 71.2 Å². The topological polar surface area (TPSA) is 49.9 Å². The first-order chi connectivity index (χ1) is 11.9. The predicted molar refractivity (Wildman–Crippen MR) is 104 cm³/mol. The summed E-state index contributed by atoms with van der Waals surface area (Å²) in [5, 5.41) is 0. The van der Waals surface area contributed by atoms with Crippen molar-refractivity contribution >= 4 is 37.3 Å². The third-order valence-corrected chi connectivity index (χ3v) is 6.87. The molecule has 0 aromatic heterocycles. The van der Waals surface area contributed by atoms with Gasteiger partial charge >= 0.3 is 0 Å². The summed E-state index contributed by atoms with van der Waals surface area (Å²) in [5.41, 5.74) is 1.77. The summed E-state index contributed by atoms with van der Waals surface area (Å²) in [6.45, 7) is 2.13. The van der Waals surface area contributed by atoms with Crippen LogP contribution in [0, 0.1) is 0 Å². The van der Waals surface area contributed by atoms with E-state index in [2.05, 4.69) is 20.8 Å². The van der Waals surface area contributed by atoms with E-state index >= 15 is 0 Å². The lowest BCUT2D eigenvalue weighted by molar-refractivity contribution is 0.411. The summed E-state index contributed by atoms with van der Waals surface area (Å²) in [6, 6.07) is 12.4. The molecule has 0 spiro atoms. The molecule has 2 aromatic rings. The summed E-state index contributed by atoms with van der Waals surface area (Å²) < 4.78 is 32.8. The molecule has 1 fully saturated rings. The normalized spacial score (nSPS) is 14.6. The van der Waals surface area contributed by atoms with Crippen LogP contribution in [0.1, 0.15) is 12.8 Å². The van der Waals surface area contributed by atoms with Gasteiger partial charge in [0.1, 0.15) is 5.75 Å². The Morgan fingerprint density at radius 3 is 2.28 bits per heavy atom. The van der Waals surface area contributed by atoms with Crippen LogP contribution in [0.15, 0.2) is 51.8 Å². The van der Waals surface area contributed by atoms with Crippen LogP contribution < -0.4 is 13.9 Å². The van der Waals surface area contributed by atoms with Crippen LogP contribution in [0.25, 0.3) is 0 Å². The Kier molecular flexibility index (Phi) is 5.24. The van der Waals surface area contributed by atoms with Crippen LogP contribution in [0.4, 0.5) is 11.4 Å². The molecule has 1 saturated heterocycles. The molecule has 0 amide bonds. The number of benzene rings is 2. The monoisotopic (exact) mass is 424 g/mol. The molecule has 0 unspecified atom stereocenters. The minimum absolute atomic E-state index is 0.214. The van der Waals surface area contributed by atoms with Crippen molar-refractivity contribution in [2.45, 2.75) is 17.7 Å². The molecular weight excluding hydrogens is 404 g/mol. The summed E-state index contributed by atoms with van der Waals surface area (Å²) in [7, 11) is -0.525. The highest BCUT2D eigenvalue weighted by Gasteiger charge is 2.23. The smallest absolute Gasteiger partial charge is 0.264 e. The minimum Gasteiger partial charge on any atom is -0.496 e. The Labute approximate surface area is 157 Å². The zero-order valence-corrected chi connectivity index (χ0v) is 16.7. The van der Waals surface area contributed by atoms with Gasteiger partial charge in [-0.15, -0.1) is 0 Å². The Bertz CT molecular complexity index is 847. The molecule has 1 aliphatic heterocycles. The van der Waals surface area contributed by atoms with E-state index in [-0.39, 0.29) is 4.90 Å². The van der Waals surface area contributed by atoms with Gasteiger partial charge in [0.2, 0.25) is 0 Å². The molecule has 5 nitrogen and oxygen atoms in total. The van der Waals surface area contributed by atoms with E-state index in [4.69, 9.17) is 4.74 Å². The van der Waals surface area contributed by atoms with Crippen molar-refractivity contribution in [2.75, 3.05) is 36.5 Å². The first-order valence-electron chi connectivity index (χ1n) is 8.11. The third-order valence-electron chi connectivity index (χ3n) is 4.47. The number of hydrogen-bond acceptors (Lipinski definition) is 4. The molecule has 1 aliphatic rings. The zero-order valence-electron chi connectivity index (χ0n) is 14.3. The Morgan fingerprint density at radius 2 is 1.72 bits per heavy atom. The summed E-state index contributed by atoms with van der Waals surface area (Å²) in [6.07, 6.45) is 2.42. The average molecular weight is 425 g/mol. The van der Waals surface area contributed by atoms with Gasteiger partial charge in [-0.1, -0.05) is 0 Å². The van der Waals surface area contributed by atoms with Crippen molar-refractivity contribution in [2.24, 2.45) is 0 Å². The molecule has 0 radical (unpaired) electrons. The SMILES string of the molecule is COc1ccc(S(=O)(=O)N(C)c2ccc(N3CCCC3)cc2)cc1Br. The molecule has 0 aliphatic carbocycles. The quantitative estimate of drug-likeness (QED) is 0.730. The standard InChI is InChI=1S/C18H21BrN2O3S/c1-20(14-5-7-15(8-6-14)21-11-3-4-12-21)25(22,23)16-9-10-18(24-2)17(19)13-16/h5-10,13H,3-4,11-12H2,1-2H3. The Hall–Kier alpha value is -1.73. The van der Waals surface area contributed by atoms with E-state index in [1.54, 1.807) is 32.4 Å². The second kappa shape index (κ2) is 7.25. The number of sulfonamides is 1. The molecule has 2 aromatic carbocycles. The number of nitrogens with zero attached hydrogens (tertiary/aromatic N) is 2. The van der Waals surface area contributed by atoms with Crippen molar-refractivity contribution in [1.29, 1.82) is 0 Å². The van der Waals surface area contributed by atoms with E-state index in [0.717, 1.165) is 18.8 Å². The van der Waals surface area contributed by atoms with Gasteiger partial charge in [0, 0.05) is 25.8 Å². The maximum Gasteiger partial charge on any atom is 0.264 e. The van der Waals surface area contributed by atoms with Crippen molar-refractivity contribution in [1.82, 2.24) is 0 Å². The number of methoxy groups -OCH3 is 1. The predicted octanol–water partition coefficient (Wildman–Crippen LogP) is 3.88. The Morgan fingerprint density at radius 1 is 1.08 bits per heavy atom.